The van der Waals surface area contributed by atoms with Crippen LogP contribution in [0.5, 0.6) is 0 Å². The van der Waals surface area contributed by atoms with E-state index in [-0.39, 0.29) is 17.2 Å². The van der Waals surface area contributed by atoms with Gasteiger partial charge in [0.2, 0.25) is 10.0 Å². The number of nitrogens with one attached hydrogen (secondary N) is 1. The van der Waals surface area contributed by atoms with Crippen LogP contribution in [-0.4, -0.2) is 44.1 Å². The van der Waals surface area contributed by atoms with E-state index in [1.165, 1.54) is 31.8 Å². The van der Waals surface area contributed by atoms with Crippen LogP contribution in [0.4, 0.5) is 5.69 Å². The van der Waals surface area contributed by atoms with Crippen LogP contribution in [0.25, 0.3) is 20.8 Å². The number of Topliss-reactive ketones (excluding diaryl/α,β-unsaturated/α-hetero) is 1. The predicted octanol–water partition coefficient (Wildman–Crippen LogP) is 4.82. The molecule has 0 atom stereocenters. The Balaban J connectivity index is 1.45. The molecule has 1 aromatic heterocycles. The quantitative estimate of drug-likeness (QED) is 0.396. The first-order chi connectivity index (χ1) is 15.2. The molecule has 0 spiro atoms. The van der Waals surface area contributed by atoms with Gasteiger partial charge in [-0.2, -0.15) is 0 Å². The van der Waals surface area contributed by atoms with Gasteiger partial charge in [0.25, 0.3) is 0 Å². The summed E-state index contributed by atoms with van der Waals surface area (Å²) in [7, 11) is -0.662. The van der Waals surface area contributed by atoms with Crippen molar-refractivity contribution in [3.63, 3.8) is 0 Å². The molecule has 0 saturated heterocycles. The molecule has 0 aliphatic heterocycles. The highest BCUT2D eigenvalue weighted by Crippen LogP contribution is 2.31. The van der Waals surface area contributed by atoms with Gasteiger partial charge in [-0.05, 0) is 61.0 Å². The van der Waals surface area contributed by atoms with E-state index in [2.05, 4.69) is 24.4 Å². The van der Waals surface area contributed by atoms with Gasteiger partial charge in [0.05, 0.1) is 21.7 Å². The van der Waals surface area contributed by atoms with Crippen molar-refractivity contribution < 1.29 is 13.2 Å². The van der Waals surface area contributed by atoms with Crippen LogP contribution in [0.3, 0.4) is 0 Å². The van der Waals surface area contributed by atoms with Gasteiger partial charge in [-0.25, -0.2) is 17.7 Å². The lowest BCUT2D eigenvalue weighted by atomic mass is 10.1. The number of thiazole rings is 1. The lowest BCUT2D eigenvalue weighted by Crippen LogP contribution is -2.22. The summed E-state index contributed by atoms with van der Waals surface area (Å²) in [5.74, 6) is -0.188. The number of fused-ring (bicyclic) bond motifs is 1. The zero-order valence-corrected chi connectivity index (χ0v) is 19.6. The molecule has 4 aromatic rings. The summed E-state index contributed by atoms with van der Waals surface area (Å²) in [4.78, 5) is 17.4. The molecular weight excluding hydrogens is 442 g/mol. The van der Waals surface area contributed by atoms with Crippen LogP contribution < -0.4 is 5.32 Å². The number of carbonyl (C=O) groups excluding carboxylic acids is 1. The maximum absolute atomic E-state index is 12.6. The van der Waals surface area contributed by atoms with Gasteiger partial charge in [0, 0.05) is 30.9 Å². The number of anilines is 1. The second kappa shape index (κ2) is 8.82. The largest absolute Gasteiger partial charge is 0.378 e. The molecule has 0 aliphatic rings. The van der Waals surface area contributed by atoms with Crippen LogP contribution in [0, 0.1) is 6.92 Å². The van der Waals surface area contributed by atoms with Gasteiger partial charge in [-0.15, -0.1) is 11.3 Å². The second-order valence-electron chi connectivity index (χ2n) is 7.66. The summed E-state index contributed by atoms with van der Waals surface area (Å²) in [6, 6.07) is 20.1. The van der Waals surface area contributed by atoms with E-state index >= 15 is 0 Å². The Morgan fingerprint density at radius 3 is 2.50 bits per heavy atom. The van der Waals surface area contributed by atoms with Gasteiger partial charge in [-0.3, -0.25) is 4.79 Å². The summed E-state index contributed by atoms with van der Waals surface area (Å²) in [6.07, 6.45) is 0. The minimum absolute atomic E-state index is 0.0607. The fourth-order valence-corrected chi connectivity index (χ4v) is 5.23. The highest BCUT2D eigenvalue weighted by Gasteiger charge is 2.18. The molecule has 164 valence electrons. The van der Waals surface area contributed by atoms with Crippen molar-refractivity contribution in [2.75, 3.05) is 26.0 Å². The zero-order valence-electron chi connectivity index (χ0n) is 18.0. The maximum Gasteiger partial charge on any atom is 0.242 e. The molecule has 32 heavy (non-hydrogen) atoms. The van der Waals surface area contributed by atoms with Crippen molar-refractivity contribution in [3.05, 3.63) is 77.9 Å². The summed E-state index contributed by atoms with van der Waals surface area (Å²) in [5.41, 5.74) is 4.36. The third-order valence-electron chi connectivity index (χ3n) is 5.06. The molecule has 0 saturated carbocycles. The fourth-order valence-electron chi connectivity index (χ4n) is 3.21. The Bertz CT molecular complexity index is 1390. The molecule has 3 aromatic carbocycles. The molecule has 4 rings (SSSR count). The van der Waals surface area contributed by atoms with Crippen molar-refractivity contribution >= 4 is 43.0 Å². The van der Waals surface area contributed by atoms with Crippen LogP contribution in [0.2, 0.25) is 0 Å². The van der Waals surface area contributed by atoms with Crippen molar-refractivity contribution in [3.8, 4) is 10.6 Å². The van der Waals surface area contributed by atoms with Crippen LogP contribution in [-0.2, 0) is 10.0 Å². The lowest BCUT2D eigenvalue weighted by Gasteiger charge is -2.12. The van der Waals surface area contributed by atoms with Gasteiger partial charge in [0.1, 0.15) is 5.01 Å². The molecule has 0 unspecified atom stereocenters. The summed E-state index contributed by atoms with van der Waals surface area (Å²) < 4.78 is 26.9. The Kier molecular flexibility index (Phi) is 6.10. The minimum atomic E-state index is -3.59. The van der Waals surface area contributed by atoms with Crippen molar-refractivity contribution in [1.82, 2.24) is 9.29 Å². The van der Waals surface area contributed by atoms with Crippen molar-refractivity contribution in [2.45, 2.75) is 11.8 Å². The first kappa shape index (κ1) is 22.1. The molecule has 0 aliphatic carbocycles. The number of aromatic nitrogens is 1. The SMILES string of the molecule is Cc1ccc2nc(-c3ccc(NCC(=O)c4cccc(S(=O)(=O)N(C)C)c4)cc3)sc2c1. The molecule has 1 N–H and O–H groups in total. The molecule has 0 fully saturated rings. The minimum Gasteiger partial charge on any atom is -0.378 e. The predicted molar refractivity (Wildman–Crippen MR) is 130 cm³/mol. The van der Waals surface area contributed by atoms with Gasteiger partial charge in [-0.1, -0.05) is 18.2 Å². The third kappa shape index (κ3) is 4.57. The van der Waals surface area contributed by atoms with E-state index in [4.69, 9.17) is 4.98 Å². The molecule has 0 radical (unpaired) electrons. The average molecular weight is 466 g/mol. The van der Waals surface area contributed by atoms with E-state index in [0.717, 1.165) is 30.8 Å². The van der Waals surface area contributed by atoms with E-state index < -0.39 is 10.0 Å². The maximum atomic E-state index is 12.6. The molecule has 1 heterocycles. The van der Waals surface area contributed by atoms with E-state index in [0.29, 0.717) is 5.56 Å². The zero-order chi connectivity index (χ0) is 22.9. The standard InChI is InChI=1S/C24H23N3O3S2/c1-16-7-12-21-23(13-16)31-24(26-21)17-8-10-19(11-9-17)25-15-22(28)18-5-4-6-20(14-18)32(29,30)27(2)3/h4-14,25H,15H2,1-3H3. The number of ketones is 1. The highest BCUT2D eigenvalue weighted by atomic mass is 32.2. The number of sulfonamides is 1. The summed E-state index contributed by atoms with van der Waals surface area (Å²) >= 11 is 1.65. The Morgan fingerprint density at radius 1 is 1.03 bits per heavy atom. The smallest absolute Gasteiger partial charge is 0.242 e. The average Bonchev–Trinajstić information content (AvgIpc) is 3.21. The number of hydrogen-bond donors (Lipinski definition) is 1. The lowest BCUT2D eigenvalue weighted by molar-refractivity contribution is 0.101. The third-order valence-corrected chi connectivity index (χ3v) is 7.94. The van der Waals surface area contributed by atoms with Crippen molar-refractivity contribution in [2.24, 2.45) is 0 Å². The normalized spacial score (nSPS) is 11.8. The van der Waals surface area contributed by atoms with Crippen LogP contribution in [0.15, 0.2) is 71.6 Å². The van der Waals surface area contributed by atoms with E-state index in [1.807, 2.05) is 30.3 Å². The molecule has 6 nitrogen and oxygen atoms in total. The number of hydrogen-bond acceptors (Lipinski definition) is 6. The number of aryl methyl sites for hydroxylation is 1. The van der Waals surface area contributed by atoms with Crippen LogP contribution in [0.1, 0.15) is 15.9 Å². The fraction of sp³-hybridized carbons (Fsp3) is 0.167. The first-order valence-electron chi connectivity index (χ1n) is 10.0. The summed E-state index contributed by atoms with van der Waals surface area (Å²) in [6.45, 7) is 2.13. The van der Waals surface area contributed by atoms with Crippen molar-refractivity contribution in [1.29, 1.82) is 0 Å². The van der Waals surface area contributed by atoms with E-state index in [1.54, 1.807) is 23.5 Å². The Morgan fingerprint density at radius 2 is 1.78 bits per heavy atom. The highest BCUT2D eigenvalue weighted by molar-refractivity contribution is 7.89. The summed E-state index contributed by atoms with van der Waals surface area (Å²) in [5, 5.41) is 4.06. The van der Waals surface area contributed by atoms with Gasteiger partial charge in [0.15, 0.2) is 5.78 Å². The molecule has 0 amide bonds. The van der Waals surface area contributed by atoms with Gasteiger partial charge >= 0.3 is 0 Å². The Hall–Kier alpha value is -3.07. The monoisotopic (exact) mass is 465 g/mol. The Labute approximate surface area is 191 Å². The second-order valence-corrected chi connectivity index (χ2v) is 10.8. The number of carbonyl (C=O) groups is 1. The molecular formula is C24H23N3O3S2. The topological polar surface area (TPSA) is 79.4 Å². The van der Waals surface area contributed by atoms with Crippen LogP contribution >= 0.6 is 11.3 Å². The molecule has 8 heteroatoms. The van der Waals surface area contributed by atoms with E-state index in [9.17, 15) is 13.2 Å². The first-order valence-corrected chi connectivity index (χ1v) is 12.3. The number of nitrogens with zero attached hydrogens (tertiary/aromatic N) is 2. The number of benzene rings is 3. The molecule has 0 bridgehead atoms. The van der Waals surface area contributed by atoms with Gasteiger partial charge < -0.3 is 5.32 Å². The number of rotatable bonds is 7.